The van der Waals surface area contributed by atoms with E-state index in [4.69, 9.17) is 22.7 Å². The van der Waals surface area contributed by atoms with Gasteiger partial charge >= 0.3 is 0 Å². The molecule has 1 fully saturated rings. The number of nitrogens with zero attached hydrogens (tertiary/aromatic N) is 2. The summed E-state index contributed by atoms with van der Waals surface area (Å²) in [6, 6.07) is 0. The smallest absolute Gasteiger partial charge is 0.0928 e. The SMILES string of the molecule is COCCCN1CCN(C(C)(C)C(N)=S)CC1. The molecule has 0 aromatic rings. The minimum Gasteiger partial charge on any atom is -0.392 e. The van der Waals surface area contributed by atoms with Crippen LogP contribution in [0.3, 0.4) is 0 Å². The summed E-state index contributed by atoms with van der Waals surface area (Å²) in [5, 5.41) is 0. The molecule has 1 saturated heterocycles. The fraction of sp³-hybridized carbons (Fsp3) is 0.917. The zero-order chi connectivity index (χ0) is 12.9. The van der Waals surface area contributed by atoms with Gasteiger partial charge in [0.25, 0.3) is 0 Å². The first-order chi connectivity index (χ1) is 7.98. The Morgan fingerprint density at radius 1 is 1.29 bits per heavy atom. The van der Waals surface area contributed by atoms with Crippen molar-refractivity contribution in [2.45, 2.75) is 25.8 Å². The van der Waals surface area contributed by atoms with Crippen LogP contribution in [0.5, 0.6) is 0 Å². The number of methoxy groups -OCH3 is 1. The Labute approximate surface area is 110 Å². The van der Waals surface area contributed by atoms with Crippen LogP contribution in [0.4, 0.5) is 0 Å². The van der Waals surface area contributed by atoms with Crippen molar-refractivity contribution in [3.63, 3.8) is 0 Å². The number of hydrogen-bond donors (Lipinski definition) is 1. The van der Waals surface area contributed by atoms with E-state index in [-0.39, 0.29) is 5.54 Å². The van der Waals surface area contributed by atoms with Gasteiger partial charge in [-0.15, -0.1) is 0 Å². The van der Waals surface area contributed by atoms with Crippen molar-refractivity contribution in [3.05, 3.63) is 0 Å². The highest BCUT2D eigenvalue weighted by Crippen LogP contribution is 2.17. The third-order valence-electron chi connectivity index (χ3n) is 3.59. The van der Waals surface area contributed by atoms with Gasteiger partial charge in [-0.25, -0.2) is 0 Å². The third-order valence-corrected chi connectivity index (χ3v) is 4.09. The van der Waals surface area contributed by atoms with Crippen molar-refractivity contribution in [1.29, 1.82) is 0 Å². The molecule has 0 aromatic carbocycles. The highest BCUT2D eigenvalue weighted by Gasteiger charge is 2.31. The molecule has 0 aromatic heterocycles. The van der Waals surface area contributed by atoms with Gasteiger partial charge in [-0.2, -0.15) is 0 Å². The van der Waals surface area contributed by atoms with Crippen LogP contribution in [-0.2, 0) is 4.74 Å². The Bertz CT molecular complexity index is 250. The topological polar surface area (TPSA) is 41.7 Å². The number of hydrogen-bond acceptors (Lipinski definition) is 4. The predicted octanol–water partition coefficient (Wildman–Crippen LogP) is 0.705. The molecule has 0 spiro atoms. The average Bonchev–Trinajstić information content (AvgIpc) is 2.30. The number of ether oxygens (including phenoxy) is 1. The first-order valence-electron chi connectivity index (χ1n) is 6.24. The summed E-state index contributed by atoms with van der Waals surface area (Å²) >= 11 is 5.13. The van der Waals surface area contributed by atoms with Crippen LogP contribution in [0.1, 0.15) is 20.3 Å². The van der Waals surface area contributed by atoms with Gasteiger partial charge in [-0.1, -0.05) is 12.2 Å². The second kappa shape index (κ2) is 6.64. The molecule has 5 heteroatoms. The molecular formula is C12H25N3OS. The van der Waals surface area contributed by atoms with Gasteiger partial charge in [0.2, 0.25) is 0 Å². The second-order valence-corrected chi connectivity index (χ2v) is 5.54. The molecule has 1 aliphatic heterocycles. The third kappa shape index (κ3) is 4.17. The predicted molar refractivity (Wildman–Crippen MR) is 75.4 cm³/mol. The fourth-order valence-electron chi connectivity index (χ4n) is 2.12. The number of nitrogens with two attached hydrogens (primary N) is 1. The summed E-state index contributed by atoms with van der Waals surface area (Å²) in [5.74, 6) is 0. The molecule has 0 amide bonds. The Hall–Kier alpha value is -0.230. The van der Waals surface area contributed by atoms with E-state index in [1.807, 2.05) is 0 Å². The van der Waals surface area contributed by atoms with Crippen LogP contribution in [0.15, 0.2) is 0 Å². The molecule has 2 N–H and O–H groups in total. The van der Waals surface area contributed by atoms with Gasteiger partial charge in [-0.05, 0) is 20.3 Å². The van der Waals surface area contributed by atoms with Crippen molar-refractivity contribution >= 4 is 17.2 Å². The van der Waals surface area contributed by atoms with E-state index in [2.05, 4.69) is 23.6 Å². The second-order valence-electron chi connectivity index (χ2n) is 5.10. The van der Waals surface area contributed by atoms with Crippen LogP contribution in [0.2, 0.25) is 0 Å². The maximum Gasteiger partial charge on any atom is 0.0928 e. The van der Waals surface area contributed by atoms with E-state index >= 15 is 0 Å². The Kier molecular flexibility index (Phi) is 5.79. The first-order valence-corrected chi connectivity index (χ1v) is 6.65. The number of piperazine rings is 1. The molecule has 17 heavy (non-hydrogen) atoms. The highest BCUT2D eigenvalue weighted by atomic mass is 32.1. The summed E-state index contributed by atoms with van der Waals surface area (Å²) in [7, 11) is 1.75. The molecule has 0 aliphatic carbocycles. The minimum absolute atomic E-state index is 0.159. The van der Waals surface area contributed by atoms with Crippen molar-refractivity contribution in [2.75, 3.05) is 46.4 Å². The lowest BCUT2D eigenvalue weighted by molar-refractivity contribution is 0.0793. The van der Waals surface area contributed by atoms with Crippen LogP contribution < -0.4 is 5.73 Å². The van der Waals surface area contributed by atoms with Gasteiger partial charge in [0.15, 0.2) is 0 Å². The van der Waals surface area contributed by atoms with E-state index in [1.165, 1.54) is 0 Å². The molecule has 0 saturated carbocycles. The molecule has 1 aliphatic rings. The molecule has 0 radical (unpaired) electrons. The van der Waals surface area contributed by atoms with Gasteiger partial charge in [-0.3, -0.25) is 4.90 Å². The Morgan fingerprint density at radius 2 is 1.88 bits per heavy atom. The molecule has 0 unspecified atom stereocenters. The summed E-state index contributed by atoms with van der Waals surface area (Å²) in [4.78, 5) is 5.44. The lowest BCUT2D eigenvalue weighted by Crippen LogP contribution is -2.59. The molecule has 1 rings (SSSR count). The zero-order valence-electron chi connectivity index (χ0n) is 11.2. The lowest BCUT2D eigenvalue weighted by atomic mass is 10.0. The summed E-state index contributed by atoms with van der Waals surface area (Å²) < 4.78 is 5.07. The van der Waals surface area contributed by atoms with Gasteiger partial charge in [0, 0.05) is 46.4 Å². The first kappa shape index (κ1) is 14.8. The quantitative estimate of drug-likeness (QED) is 0.562. The number of thiocarbonyl (C=S) groups is 1. The lowest BCUT2D eigenvalue weighted by Gasteiger charge is -2.43. The van der Waals surface area contributed by atoms with Gasteiger partial charge in [0.1, 0.15) is 0 Å². The van der Waals surface area contributed by atoms with E-state index in [1.54, 1.807) is 7.11 Å². The Morgan fingerprint density at radius 3 is 2.35 bits per heavy atom. The standard InChI is InChI=1S/C12H25N3OS/c1-12(2,11(13)17)15-8-6-14(7-9-15)5-4-10-16-3/h4-10H2,1-3H3,(H2,13,17). The number of rotatable bonds is 6. The minimum atomic E-state index is -0.159. The maximum absolute atomic E-state index is 5.79. The van der Waals surface area contributed by atoms with Gasteiger partial charge < -0.3 is 15.4 Å². The maximum atomic E-state index is 5.79. The molecule has 1 heterocycles. The van der Waals surface area contributed by atoms with E-state index in [0.29, 0.717) is 4.99 Å². The van der Waals surface area contributed by atoms with E-state index in [0.717, 1.165) is 45.8 Å². The average molecular weight is 259 g/mol. The van der Waals surface area contributed by atoms with E-state index in [9.17, 15) is 0 Å². The molecule has 4 nitrogen and oxygen atoms in total. The molecule has 100 valence electrons. The van der Waals surface area contributed by atoms with Crippen molar-refractivity contribution in [3.8, 4) is 0 Å². The van der Waals surface area contributed by atoms with Crippen LogP contribution >= 0.6 is 12.2 Å². The summed E-state index contributed by atoms with van der Waals surface area (Å²) in [6.07, 6.45) is 1.11. The molecule has 0 bridgehead atoms. The van der Waals surface area contributed by atoms with Crippen molar-refractivity contribution in [2.24, 2.45) is 5.73 Å². The Balaban J connectivity index is 2.33. The monoisotopic (exact) mass is 259 g/mol. The van der Waals surface area contributed by atoms with Crippen LogP contribution in [0.25, 0.3) is 0 Å². The van der Waals surface area contributed by atoms with Crippen LogP contribution in [-0.4, -0.2) is 66.8 Å². The normalized spacial score (nSPS) is 19.5. The summed E-state index contributed by atoms with van der Waals surface area (Å²) in [5.41, 5.74) is 5.63. The largest absolute Gasteiger partial charge is 0.392 e. The summed E-state index contributed by atoms with van der Waals surface area (Å²) in [6.45, 7) is 10.4. The van der Waals surface area contributed by atoms with Gasteiger partial charge in [0.05, 0.1) is 10.5 Å². The fourth-order valence-corrected chi connectivity index (χ4v) is 2.25. The zero-order valence-corrected chi connectivity index (χ0v) is 12.1. The van der Waals surface area contributed by atoms with Crippen LogP contribution in [0, 0.1) is 0 Å². The van der Waals surface area contributed by atoms with E-state index < -0.39 is 0 Å². The molecular weight excluding hydrogens is 234 g/mol. The van der Waals surface area contributed by atoms with Crippen molar-refractivity contribution < 1.29 is 4.74 Å². The highest BCUT2D eigenvalue weighted by molar-refractivity contribution is 7.80. The molecule has 0 atom stereocenters. The van der Waals surface area contributed by atoms with Crippen molar-refractivity contribution in [1.82, 2.24) is 9.80 Å².